The molecule has 0 N–H and O–H groups in total. The highest BCUT2D eigenvalue weighted by Gasteiger charge is 2.38. The average Bonchev–Trinajstić information content (AvgIpc) is 2.67. The smallest absolute Gasteiger partial charge is 0.245 e. The standard InChI is InChI=1S/C20H22N2O4S/c1-21-15-19(23)22(12-13-27(25,26)17-10-6-3-7-11-17)18(20(21)24)14-16-8-4-2-5-9-16/h2-11,18H,12-15H2,1H3/t18-/m1/s1. The molecular weight excluding hydrogens is 364 g/mol. The fourth-order valence-electron chi connectivity index (χ4n) is 3.21. The lowest BCUT2D eigenvalue weighted by atomic mass is 10.0. The maximum absolute atomic E-state index is 12.7. The van der Waals surface area contributed by atoms with Gasteiger partial charge in [0.1, 0.15) is 6.04 Å². The second-order valence-corrected chi connectivity index (χ2v) is 8.73. The molecule has 1 aliphatic heterocycles. The van der Waals surface area contributed by atoms with Crippen molar-refractivity contribution in [2.45, 2.75) is 17.4 Å². The molecular formula is C20H22N2O4S. The van der Waals surface area contributed by atoms with Gasteiger partial charge in [-0.1, -0.05) is 48.5 Å². The van der Waals surface area contributed by atoms with Crippen LogP contribution < -0.4 is 0 Å². The number of piperazine rings is 1. The minimum absolute atomic E-state index is 0.00680. The average molecular weight is 386 g/mol. The summed E-state index contributed by atoms with van der Waals surface area (Å²) in [6.45, 7) is -0.0390. The summed E-state index contributed by atoms with van der Waals surface area (Å²) in [6.07, 6.45) is 0.362. The van der Waals surface area contributed by atoms with Crippen molar-refractivity contribution in [2.75, 3.05) is 25.9 Å². The minimum atomic E-state index is -3.53. The van der Waals surface area contributed by atoms with Gasteiger partial charge in [0.05, 0.1) is 17.2 Å². The first-order chi connectivity index (χ1) is 12.9. The van der Waals surface area contributed by atoms with Crippen LogP contribution in [0.5, 0.6) is 0 Å². The van der Waals surface area contributed by atoms with Crippen LogP contribution in [-0.4, -0.2) is 62.0 Å². The third kappa shape index (κ3) is 4.36. The van der Waals surface area contributed by atoms with Crippen molar-refractivity contribution in [1.29, 1.82) is 0 Å². The topological polar surface area (TPSA) is 74.8 Å². The Hall–Kier alpha value is -2.67. The van der Waals surface area contributed by atoms with Gasteiger partial charge in [0.25, 0.3) is 0 Å². The second-order valence-electron chi connectivity index (χ2n) is 6.62. The molecule has 0 radical (unpaired) electrons. The Kier molecular flexibility index (Phi) is 5.60. The predicted octanol–water partition coefficient (Wildman–Crippen LogP) is 1.37. The lowest BCUT2D eigenvalue weighted by Crippen LogP contribution is -2.60. The van der Waals surface area contributed by atoms with Crippen LogP contribution in [0.1, 0.15) is 5.56 Å². The van der Waals surface area contributed by atoms with Gasteiger partial charge >= 0.3 is 0 Å². The van der Waals surface area contributed by atoms with Gasteiger partial charge < -0.3 is 9.80 Å². The summed E-state index contributed by atoms with van der Waals surface area (Å²) in [6, 6.07) is 16.9. The Labute approximate surface area is 159 Å². The van der Waals surface area contributed by atoms with E-state index >= 15 is 0 Å². The van der Waals surface area contributed by atoms with Crippen molar-refractivity contribution in [2.24, 2.45) is 0 Å². The van der Waals surface area contributed by atoms with Crippen molar-refractivity contribution in [1.82, 2.24) is 9.80 Å². The number of hydrogen-bond donors (Lipinski definition) is 0. The highest BCUT2D eigenvalue weighted by Crippen LogP contribution is 2.18. The molecule has 0 spiro atoms. The molecule has 1 saturated heterocycles. The molecule has 3 rings (SSSR count). The number of carbonyl (C=O) groups is 2. The quantitative estimate of drug-likeness (QED) is 0.752. The van der Waals surface area contributed by atoms with Crippen molar-refractivity contribution >= 4 is 21.7 Å². The SMILES string of the molecule is CN1CC(=O)N(CCS(=O)(=O)c2ccccc2)[C@H](Cc2ccccc2)C1=O. The van der Waals surface area contributed by atoms with E-state index < -0.39 is 15.9 Å². The predicted molar refractivity (Wildman–Crippen MR) is 102 cm³/mol. The fraction of sp³-hybridized carbons (Fsp3) is 0.300. The van der Waals surface area contributed by atoms with Crippen molar-refractivity contribution in [3.63, 3.8) is 0 Å². The molecule has 0 aromatic heterocycles. The number of benzene rings is 2. The van der Waals surface area contributed by atoms with Crippen molar-refractivity contribution in [3.05, 3.63) is 66.2 Å². The van der Waals surface area contributed by atoms with E-state index in [1.165, 1.54) is 21.9 Å². The summed E-state index contributed by atoms with van der Waals surface area (Å²) in [7, 11) is -1.94. The molecule has 6 nitrogen and oxygen atoms in total. The Morgan fingerprint density at radius 2 is 1.56 bits per heavy atom. The zero-order chi connectivity index (χ0) is 19.4. The molecule has 0 saturated carbocycles. The molecule has 27 heavy (non-hydrogen) atoms. The van der Waals surface area contributed by atoms with E-state index in [9.17, 15) is 18.0 Å². The largest absolute Gasteiger partial charge is 0.335 e. The molecule has 2 aromatic carbocycles. The lowest BCUT2D eigenvalue weighted by molar-refractivity contribution is -0.154. The van der Waals surface area contributed by atoms with Crippen LogP contribution in [0.25, 0.3) is 0 Å². The van der Waals surface area contributed by atoms with Gasteiger partial charge in [0.2, 0.25) is 11.8 Å². The van der Waals surface area contributed by atoms with Crippen LogP contribution in [0.2, 0.25) is 0 Å². The Balaban J connectivity index is 1.80. The van der Waals surface area contributed by atoms with Crippen LogP contribution in [0, 0.1) is 0 Å². The van der Waals surface area contributed by atoms with E-state index in [1.54, 1.807) is 25.2 Å². The first-order valence-electron chi connectivity index (χ1n) is 8.74. The van der Waals surface area contributed by atoms with Gasteiger partial charge in [-0.25, -0.2) is 8.42 Å². The molecule has 1 atom stereocenters. The molecule has 2 aromatic rings. The monoisotopic (exact) mass is 386 g/mol. The third-order valence-electron chi connectivity index (χ3n) is 4.71. The Morgan fingerprint density at radius 3 is 2.19 bits per heavy atom. The van der Waals surface area contributed by atoms with Crippen molar-refractivity contribution in [3.8, 4) is 0 Å². The first-order valence-corrected chi connectivity index (χ1v) is 10.4. The van der Waals surface area contributed by atoms with Gasteiger partial charge in [-0.2, -0.15) is 0 Å². The van der Waals surface area contributed by atoms with Crippen molar-refractivity contribution < 1.29 is 18.0 Å². The summed E-state index contributed by atoms with van der Waals surface area (Å²) >= 11 is 0. The number of likely N-dealkylation sites (N-methyl/N-ethyl adjacent to an activating group) is 1. The van der Waals surface area contributed by atoms with E-state index in [2.05, 4.69) is 0 Å². The van der Waals surface area contributed by atoms with Gasteiger partial charge in [-0.15, -0.1) is 0 Å². The Bertz CT molecular complexity index is 914. The van der Waals surface area contributed by atoms with E-state index in [0.717, 1.165) is 5.56 Å². The highest BCUT2D eigenvalue weighted by atomic mass is 32.2. The summed E-state index contributed by atoms with van der Waals surface area (Å²) in [5, 5.41) is 0. The molecule has 1 heterocycles. The zero-order valence-corrected chi connectivity index (χ0v) is 15.9. The maximum Gasteiger partial charge on any atom is 0.245 e. The van der Waals surface area contributed by atoms with E-state index in [4.69, 9.17) is 0 Å². The number of sulfone groups is 1. The number of carbonyl (C=O) groups excluding carboxylic acids is 2. The second kappa shape index (κ2) is 7.92. The summed E-state index contributed by atoms with van der Waals surface area (Å²) in [4.78, 5) is 28.2. The first kappa shape index (κ1) is 19.1. The lowest BCUT2D eigenvalue weighted by Gasteiger charge is -2.39. The number of hydrogen-bond acceptors (Lipinski definition) is 4. The minimum Gasteiger partial charge on any atom is -0.335 e. The summed E-state index contributed by atoms with van der Waals surface area (Å²) < 4.78 is 25.1. The molecule has 7 heteroatoms. The fourth-order valence-corrected chi connectivity index (χ4v) is 4.46. The van der Waals surface area contributed by atoms with E-state index in [0.29, 0.717) is 6.42 Å². The Morgan fingerprint density at radius 1 is 0.963 bits per heavy atom. The van der Waals surface area contributed by atoms with Gasteiger partial charge in [-0.05, 0) is 17.7 Å². The highest BCUT2D eigenvalue weighted by molar-refractivity contribution is 7.91. The molecule has 2 amide bonds. The molecule has 0 unspecified atom stereocenters. The number of nitrogens with zero attached hydrogens (tertiary/aromatic N) is 2. The molecule has 1 aliphatic rings. The van der Waals surface area contributed by atoms with E-state index in [1.807, 2.05) is 30.3 Å². The zero-order valence-electron chi connectivity index (χ0n) is 15.1. The van der Waals surface area contributed by atoms with Gasteiger partial charge in [0, 0.05) is 20.0 Å². The normalized spacial score (nSPS) is 18.0. The van der Waals surface area contributed by atoms with E-state index in [-0.39, 0.29) is 35.6 Å². The summed E-state index contributed by atoms with van der Waals surface area (Å²) in [5.74, 6) is -0.623. The molecule has 0 aliphatic carbocycles. The molecule has 142 valence electrons. The van der Waals surface area contributed by atoms with Crippen LogP contribution >= 0.6 is 0 Å². The van der Waals surface area contributed by atoms with Crippen LogP contribution in [0.3, 0.4) is 0 Å². The number of rotatable bonds is 6. The third-order valence-corrected chi connectivity index (χ3v) is 6.42. The summed E-state index contributed by atoms with van der Waals surface area (Å²) in [5.41, 5.74) is 0.926. The number of amides is 2. The van der Waals surface area contributed by atoms with Gasteiger partial charge in [0.15, 0.2) is 9.84 Å². The van der Waals surface area contributed by atoms with Crippen LogP contribution in [0.15, 0.2) is 65.6 Å². The van der Waals surface area contributed by atoms with Crippen LogP contribution in [0.4, 0.5) is 0 Å². The van der Waals surface area contributed by atoms with Crippen LogP contribution in [-0.2, 0) is 25.8 Å². The van der Waals surface area contributed by atoms with Gasteiger partial charge in [-0.3, -0.25) is 9.59 Å². The maximum atomic E-state index is 12.7. The molecule has 1 fully saturated rings. The molecule has 0 bridgehead atoms.